The van der Waals surface area contributed by atoms with Crippen LogP contribution in [0.5, 0.6) is 11.5 Å². The molecule has 122 heavy (non-hydrogen) atoms. The maximum atomic E-state index is 11.8. The molecule has 7 N–H and O–H groups in total. The molecule has 1 aromatic heterocycles. The monoisotopic (exact) mass is 1700 g/mol. The van der Waals surface area contributed by atoms with Crippen molar-refractivity contribution in [3.63, 3.8) is 0 Å². The Balaban J connectivity index is 0.000000698. The Kier molecular flexibility index (Phi) is 52.4. The van der Waals surface area contributed by atoms with E-state index in [0.29, 0.717) is 64.7 Å². The summed E-state index contributed by atoms with van der Waals surface area (Å²) in [7, 11) is 0. The molecule has 0 unspecified atom stereocenters. The standard InChI is InChI=1S/3C14H21NO.C13H19NO2.C13H19NO.C13H18O2.C11H17NO2S.C11H21NO/c1-10(2)14(16)13-7-5-12(6-8-13)9-15-11(3)4;1-10(2)14(16)9-12-5-7-13(8-6-12)15-11(3)4;1-10(2)14(16)13-7-5-6-12(8-13)9-15-11(3)4;1-8(2)13(16)10-5-6-12(15)11(7-10)14-9(3)4;1-9(2)13(15)11-6-5-7-12(8-11)14-10(3)4;1-9(2)13(14)11-6-5-7-12(8-11)15-10(3)4;1-7(2)10(13)11-12-5-9(14-11)6-15-8(3)4;1-8(2)10(13)11(5-6-11)7-12-9(3)4/h3*5-8,10-11,15H,9H2,1-4H3;5-9,14-15H,1-4H3;5-10,14H,1-4H3;5-10H,1-4H3;5,7-8H,6H2,1-4H3;8-9,12H,5-7H2,1-4H3. The number of hydrogen-bond acceptors (Lipinski definition) is 19. The summed E-state index contributed by atoms with van der Waals surface area (Å²) in [5.41, 5.74) is 9.99. The van der Waals surface area contributed by atoms with Crippen LogP contribution in [0.1, 0.15) is 319 Å². The van der Waals surface area contributed by atoms with Crippen molar-refractivity contribution in [2.45, 2.75) is 307 Å². The third-order valence-electron chi connectivity index (χ3n) is 18.3. The molecule has 0 amide bonds. The number of carbonyl (C=O) groups is 8. The summed E-state index contributed by atoms with van der Waals surface area (Å²) >= 11 is 1.77. The highest BCUT2D eigenvalue weighted by Gasteiger charge is 2.49. The average Bonchev–Trinajstić information content (AvgIpc) is 1.63. The molecule has 19 heteroatoms. The molecule has 1 aliphatic rings. The van der Waals surface area contributed by atoms with Gasteiger partial charge in [0.1, 0.15) is 28.8 Å². The molecule has 1 saturated carbocycles. The predicted molar refractivity (Wildman–Crippen MR) is 512 cm³/mol. The van der Waals surface area contributed by atoms with Crippen molar-refractivity contribution in [1.82, 2.24) is 20.9 Å². The molecule has 0 bridgehead atoms. The molecule has 0 aliphatic heterocycles. The van der Waals surface area contributed by atoms with Gasteiger partial charge in [0.2, 0.25) is 5.78 Å². The number of anilines is 3. The number of Topliss-reactive ketones (excluding diaryl/α,β-unsaturated/α-hetero) is 8. The Hall–Kier alpha value is -8.88. The first-order valence-electron chi connectivity index (χ1n) is 44.3. The lowest BCUT2D eigenvalue weighted by atomic mass is 9.92. The van der Waals surface area contributed by atoms with E-state index in [9.17, 15) is 43.5 Å². The number of ether oxygens (including phenoxy) is 1. The number of ketones is 8. The van der Waals surface area contributed by atoms with Crippen LogP contribution in [0.25, 0.3) is 0 Å². The lowest BCUT2D eigenvalue weighted by Crippen LogP contribution is -2.35. The number of aromatic nitrogens is 1. The van der Waals surface area contributed by atoms with Crippen LogP contribution in [0.3, 0.4) is 0 Å². The summed E-state index contributed by atoms with van der Waals surface area (Å²) < 4.78 is 10.9. The van der Waals surface area contributed by atoms with E-state index in [2.05, 4.69) is 120 Å². The Morgan fingerprint density at radius 1 is 0.402 bits per heavy atom. The van der Waals surface area contributed by atoms with Crippen LogP contribution >= 0.6 is 11.8 Å². The van der Waals surface area contributed by atoms with Crippen molar-refractivity contribution in [3.8, 4) is 11.5 Å². The molecular weight excluding hydrogens is 1540 g/mol. The second-order valence-corrected chi connectivity index (χ2v) is 37.9. The largest absolute Gasteiger partial charge is 0.506 e. The van der Waals surface area contributed by atoms with Crippen LogP contribution in [0, 0.1) is 52.8 Å². The molecule has 18 nitrogen and oxygen atoms in total. The van der Waals surface area contributed by atoms with E-state index in [4.69, 9.17) is 9.15 Å². The van der Waals surface area contributed by atoms with E-state index in [1.165, 1.54) is 11.1 Å². The third kappa shape index (κ3) is 46.0. The molecule has 8 rings (SSSR count). The Morgan fingerprint density at radius 3 is 1.25 bits per heavy atom. The fraction of sp³-hybridized carbons (Fsp3) is 0.544. The van der Waals surface area contributed by atoms with Crippen molar-refractivity contribution in [2.75, 3.05) is 22.5 Å². The van der Waals surface area contributed by atoms with E-state index in [1.54, 1.807) is 36.2 Å². The number of aromatic hydroxyl groups is 1. The molecule has 1 aliphatic carbocycles. The lowest BCUT2D eigenvalue weighted by Gasteiger charge is -2.18. The summed E-state index contributed by atoms with van der Waals surface area (Å²) in [6.07, 6.45) is 4.49. The van der Waals surface area contributed by atoms with Gasteiger partial charge in [-0.15, -0.1) is 0 Å². The number of phenols is 1. The number of hydrogen-bond donors (Lipinski definition) is 7. The van der Waals surface area contributed by atoms with Gasteiger partial charge in [0.15, 0.2) is 28.9 Å². The van der Waals surface area contributed by atoms with Gasteiger partial charge < -0.3 is 46.2 Å². The van der Waals surface area contributed by atoms with Crippen LogP contribution in [-0.2, 0) is 34.9 Å². The zero-order chi connectivity index (χ0) is 93.0. The first-order chi connectivity index (χ1) is 56.9. The van der Waals surface area contributed by atoms with Crippen molar-refractivity contribution in [2.24, 2.45) is 52.8 Å². The van der Waals surface area contributed by atoms with Crippen LogP contribution in [0.15, 0.2) is 150 Å². The Bertz CT molecular complexity index is 4170. The molecule has 0 atom stereocenters. The van der Waals surface area contributed by atoms with Crippen molar-refractivity contribution in [3.05, 3.63) is 202 Å². The number of benzene rings is 6. The average molecular weight is 1700 g/mol. The smallest absolute Gasteiger partial charge is 0.263 e. The summed E-state index contributed by atoms with van der Waals surface area (Å²) in [6, 6.07) is 46.3. The van der Waals surface area contributed by atoms with E-state index < -0.39 is 0 Å². The van der Waals surface area contributed by atoms with Gasteiger partial charge in [-0.3, -0.25) is 38.4 Å². The van der Waals surface area contributed by atoms with Gasteiger partial charge in [0.05, 0.1) is 23.7 Å². The molecule has 7 aromatic rings. The fourth-order valence-electron chi connectivity index (χ4n) is 11.3. The van der Waals surface area contributed by atoms with Gasteiger partial charge in [0, 0.05) is 154 Å². The Morgan fingerprint density at radius 2 is 0.820 bits per heavy atom. The maximum Gasteiger partial charge on any atom is 0.263 e. The second-order valence-electron chi connectivity index (χ2n) is 36.3. The van der Waals surface area contributed by atoms with Crippen LogP contribution in [0.2, 0.25) is 0 Å². The quantitative estimate of drug-likeness (QED) is 0.0141. The number of nitrogens with zero attached hydrogens (tertiary/aromatic N) is 1. The van der Waals surface area contributed by atoms with Gasteiger partial charge in [-0.2, -0.15) is 11.8 Å². The lowest BCUT2D eigenvalue weighted by molar-refractivity contribution is -0.127. The highest BCUT2D eigenvalue weighted by atomic mass is 32.2. The maximum absolute atomic E-state index is 11.8. The topological polar surface area (TPSA) is 264 Å². The minimum atomic E-state index is -0.0609. The first kappa shape index (κ1) is 111. The van der Waals surface area contributed by atoms with Gasteiger partial charge in [-0.1, -0.05) is 245 Å². The molecule has 0 spiro atoms. The highest BCUT2D eigenvalue weighted by molar-refractivity contribution is 7.99. The Labute approximate surface area is 740 Å². The van der Waals surface area contributed by atoms with Gasteiger partial charge >= 0.3 is 0 Å². The number of oxazole rings is 1. The van der Waals surface area contributed by atoms with E-state index >= 15 is 0 Å². The van der Waals surface area contributed by atoms with Crippen molar-refractivity contribution < 1.29 is 52.6 Å². The summed E-state index contributed by atoms with van der Waals surface area (Å²) in [6.45, 7) is 66.5. The number of thioether (sulfide) groups is 1. The SMILES string of the molecule is CC(C)NCC1(C(=O)C(C)C)CC1.CC(C)NCc1ccc(C(=O)C(C)C)cc1.CC(C)NCc1cccc(C(=O)C(C)C)c1.CC(C)Nc1cc(C(=O)C(C)C)ccc1O.CC(C)Nc1ccc(CC(=O)C(C)C)cc1.CC(C)Nc1cccc(C(=O)C(C)C)c1.CC(C)Oc1cccc(C(=O)C(C)C)c1.CC(C)SCc1cnc(C(=O)C(C)C)o1. The van der Waals surface area contributed by atoms with Gasteiger partial charge in [-0.05, 0) is 151 Å². The predicted octanol–water partition coefficient (Wildman–Crippen LogP) is 24.2. The number of rotatable bonds is 37. The van der Waals surface area contributed by atoms with Crippen molar-refractivity contribution in [1.29, 1.82) is 0 Å². The highest BCUT2D eigenvalue weighted by Crippen LogP contribution is 2.47. The molecule has 1 heterocycles. The molecular formula is C103H157N7O11S. The summed E-state index contributed by atoms with van der Waals surface area (Å²) in [5, 5.41) is 30.0. The number of nitrogens with one attached hydrogen (secondary N) is 6. The zero-order valence-corrected chi connectivity index (χ0v) is 81.2. The van der Waals surface area contributed by atoms with Crippen LogP contribution < -0.4 is 36.6 Å². The molecule has 0 radical (unpaired) electrons. The summed E-state index contributed by atoms with van der Waals surface area (Å²) in [5.74, 6) is 4.74. The molecule has 1 fully saturated rings. The third-order valence-corrected chi connectivity index (χ3v) is 19.5. The molecule has 6 aromatic carbocycles. The fourth-order valence-corrected chi connectivity index (χ4v) is 11.9. The minimum Gasteiger partial charge on any atom is -0.506 e. The normalized spacial score (nSPS) is 11.9. The van der Waals surface area contributed by atoms with Crippen LogP contribution in [0.4, 0.5) is 17.1 Å². The zero-order valence-electron chi connectivity index (χ0n) is 80.4. The van der Waals surface area contributed by atoms with Crippen LogP contribution in [-0.4, -0.2) is 111 Å². The minimum absolute atomic E-state index is 0.0123. The molecule has 676 valence electrons. The molecule has 0 saturated heterocycles. The van der Waals surface area contributed by atoms with Gasteiger partial charge in [0.25, 0.3) is 5.89 Å². The van der Waals surface area contributed by atoms with E-state index in [-0.39, 0.29) is 111 Å². The van der Waals surface area contributed by atoms with E-state index in [0.717, 1.165) is 88.9 Å². The second kappa shape index (κ2) is 57.5. The summed E-state index contributed by atoms with van der Waals surface area (Å²) in [4.78, 5) is 97.7. The first-order valence-corrected chi connectivity index (χ1v) is 45.3. The van der Waals surface area contributed by atoms with Crippen molar-refractivity contribution >= 4 is 75.1 Å². The van der Waals surface area contributed by atoms with Gasteiger partial charge in [-0.25, -0.2) is 4.98 Å². The van der Waals surface area contributed by atoms with E-state index in [1.807, 2.05) is 260 Å². The number of carbonyl (C=O) groups excluding carboxylic acids is 8. The number of phenolic OH excluding ortho intramolecular Hbond substituents is 1.